The van der Waals surface area contributed by atoms with Crippen LogP contribution in [0.4, 0.5) is 23.7 Å². The van der Waals surface area contributed by atoms with E-state index in [1.165, 1.54) is 5.69 Å². The van der Waals surface area contributed by atoms with Crippen molar-refractivity contribution in [3.05, 3.63) is 53.3 Å². The van der Waals surface area contributed by atoms with Gasteiger partial charge in [-0.25, -0.2) is 4.79 Å². The number of likely N-dealkylation sites (tertiary alicyclic amines) is 1. The summed E-state index contributed by atoms with van der Waals surface area (Å²) in [6.45, 7) is 3.88. The van der Waals surface area contributed by atoms with Crippen molar-refractivity contribution < 1.29 is 22.7 Å². The molecule has 10 heteroatoms. The number of hydrogen-bond acceptors (Lipinski definition) is 5. The Kier molecular flexibility index (Phi) is 6.96. The van der Waals surface area contributed by atoms with Gasteiger partial charge in [0.15, 0.2) is 0 Å². The molecule has 1 aromatic carbocycles. The maximum absolute atomic E-state index is 13.1. The number of urea groups is 1. The Morgan fingerprint density at radius 2 is 1.75 bits per heavy atom. The number of piperidine rings is 1. The minimum absolute atomic E-state index is 0.100. The molecule has 0 bridgehead atoms. The van der Waals surface area contributed by atoms with E-state index in [4.69, 9.17) is 4.74 Å². The molecular formula is C26H32F3N5O2. The zero-order chi connectivity index (χ0) is 25.3. The van der Waals surface area contributed by atoms with Crippen LogP contribution in [0.5, 0.6) is 5.75 Å². The predicted octanol–water partition coefficient (Wildman–Crippen LogP) is 3.92. The maximum Gasteiger partial charge on any atom is 0.417 e. The summed E-state index contributed by atoms with van der Waals surface area (Å²) in [4.78, 5) is 23.0. The summed E-state index contributed by atoms with van der Waals surface area (Å²) in [5.74, 6) is 0.854. The predicted molar refractivity (Wildman–Crippen MR) is 130 cm³/mol. The van der Waals surface area contributed by atoms with Crippen molar-refractivity contribution in [3.63, 3.8) is 0 Å². The molecule has 194 valence electrons. The van der Waals surface area contributed by atoms with Gasteiger partial charge in [0.25, 0.3) is 0 Å². The molecule has 2 aromatic rings. The first kappa shape index (κ1) is 24.7. The summed E-state index contributed by atoms with van der Waals surface area (Å²) in [5, 5.41) is 3.74. The fraction of sp³-hybridized carbons (Fsp3) is 0.538. The number of carbonyl (C=O) groups excluding carboxylic acids is 1. The van der Waals surface area contributed by atoms with E-state index in [-0.39, 0.29) is 18.6 Å². The van der Waals surface area contributed by atoms with Gasteiger partial charge in [-0.1, -0.05) is 0 Å². The summed E-state index contributed by atoms with van der Waals surface area (Å²) >= 11 is 0. The van der Waals surface area contributed by atoms with Crippen molar-refractivity contribution in [3.8, 4) is 5.75 Å². The topological polar surface area (TPSA) is 60.9 Å². The van der Waals surface area contributed by atoms with E-state index in [2.05, 4.69) is 27.3 Å². The minimum atomic E-state index is -4.44. The van der Waals surface area contributed by atoms with Gasteiger partial charge >= 0.3 is 12.2 Å². The highest BCUT2D eigenvalue weighted by atomic mass is 19.4. The maximum atomic E-state index is 13.1. The summed E-state index contributed by atoms with van der Waals surface area (Å²) in [7, 11) is 1.67. The molecule has 1 unspecified atom stereocenters. The number of ether oxygens (including phenoxy) is 1. The number of alkyl halides is 3. The lowest BCUT2D eigenvalue weighted by Crippen LogP contribution is -2.48. The molecule has 3 aliphatic heterocycles. The molecule has 3 aliphatic rings. The van der Waals surface area contributed by atoms with Crippen LogP contribution in [0.25, 0.3) is 0 Å². The van der Waals surface area contributed by atoms with Crippen LogP contribution in [-0.2, 0) is 19.1 Å². The Hall–Kier alpha value is -3.01. The Balaban J connectivity index is 1.10. The molecule has 1 aromatic heterocycles. The van der Waals surface area contributed by atoms with Crippen LogP contribution in [0.15, 0.2) is 36.5 Å². The average molecular weight is 504 g/mol. The lowest BCUT2D eigenvalue weighted by atomic mass is 10.0. The second kappa shape index (κ2) is 10.2. The van der Waals surface area contributed by atoms with E-state index in [0.717, 1.165) is 50.4 Å². The van der Waals surface area contributed by atoms with E-state index in [1.54, 1.807) is 12.0 Å². The zero-order valence-corrected chi connectivity index (χ0v) is 20.4. The van der Waals surface area contributed by atoms with Crippen molar-refractivity contribution in [2.45, 2.75) is 50.5 Å². The van der Waals surface area contributed by atoms with Crippen LogP contribution in [0.1, 0.15) is 36.1 Å². The van der Waals surface area contributed by atoms with E-state index >= 15 is 0 Å². The number of aromatic nitrogens is 1. The number of methoxy groups -OCH3 is 1. The van der Waals surface area contributed by atoms with E-state index < -0.39 is 11.7 Å². The number of nitrogens with one attached hydrogen (secondary N) is 1. The lowest BCUT2D eigenvalue weighted by molar-refractivity contribution is -0.137. The normalized spacial score (nSPS) is 21.0. The largest absolute Gasteiger partial charge is 0.497 e. The molecule has 2 amide bonds. The molecule has 4 heterocycles. The van der Waals surface area contributed by atoms with Gasteiger partial charge in [0.2, 0.25) is 0 Å². The third kappa shape index (κ3) is 5.38. The highest BCUT2D eigenvalue weighted by Crippen LogP contribution is 2.31. The van der Waals surface area contributed by atoms with Gasteiger partial charge in [0.1, 0.15) is 5.75 Å². The Labute approximate surface area is 209 Å². The number of hydrogen-bond donors (Lipinski definition) is 1. The number of nitrogens with zero attached hydrogens (tertiary/aromatic N) is 4. The quantitative estimate of drug-likeness (QED) is 0.686. The number of fused-ring (bicyclic) bond motifs is 1. The van der Waals surface area contributed by atoms with Crippen molar-refractivity contribution in [1.29, 1.82) is 0 Å². The van der Waals surface area contributed by atoms with E-state index in [1.807, 2.05) is 17.0 Å². The van der Waals surface area contributed by atoms with Crippen molar-refractivity contribution in [1.82, 2.24) is 20.1 Å². The number of anilines is 1. The van der Waals surface area contributed by atoms with Gasteiger partial charge in [-0.15, -0.1) is 0 Å². The zero-order valence-electron chi connectivity index (χ0n) is 20.4. The SMILES string of the molecule is COc1ccc(N2CCC(NC3CCN(C(=O)N4CCc5ncc(C(F)(F)F)cc5C4)C3)CC2)cc1. The molecule has 0 radical (unpaired) electrons. The second-order valence-electron chi connectivity index (χ2n) is 9.84. The average Bonchev–Trinajstić information content (AvgIpc) is 3.36. The summed E-state index contributed by atoms with van der Waals surface area (Å²) in [6.07, 6.45) is -0.126. The third-order valence-corrected chi connectivity index (χ3v) is 7.50. The first-order chi connectivity index (χ1) is 17.3. The van der Waals surface area contributed by atoms with Crippen LogP contribution >= 0.6 is 0 Å². The first-order valence-electron chi connectivity index (χ1n) is 12.5. The number of amides is 2. The standard InChI is InChI=1S/C26H32F3N5O2/c1-36-23-4-2-22(3-5-23)32-10-6-20(7-11-32)31-21-8-12-34(17-21)25(35)33-13-9-24-18(16-33)14-19(15-30-24)26(27,28)29/h2-5,14-15,20-21,31H,6-13,16-17H2,1H3. The van der Waals surface area contributed by atoms with Gasteiger partial charge in [-0.3, -0.25) is 4.98 Å². The Bertz CT molecular complexity index is 1070. The summed E-state index contributed by atoms with van der Waals surface area (Å²) in [5.41, 5.74) is 1.57. The Morgan fingerprint density at radius 1 is 1.03 bits per heavy atom. The molecule has 0 spiro atoms. The number of halogens is 3. The smallest absolute Gasteiger partial charge is 0.417 e. The van der Waals surface area contributed by atoms with Crippen LogP contribution in [0.3, 0.4) is 0 Å². The number of rotatable bonds is 4. The van der Waals surface area contributed by atoms with Gasteiger partial charge in [-0.2, -0.15) is 13.2 Å². The second-order valence-corrected chi connectivity index (χ2v) is 9.84. The van der Waals surface area contributed by atoms with Gasteiger partial charge in [0.05, 0.1) is 12.7 Å². The number of pyridine rings is 1. The molecule has 2 saturated heterocycles. The molecule has 2 fully saturated rings. The third-order valence-electron chi connectivity index (χ3n) is 7.50. The van der Waals surface area contributed by atoms with Gasteiger partial charge < -0.3 is 24.8 Å². The van der Waals surface area contributed by atoms with Crippen LogP contribution in [0, 0.1) is 0 Å². The lowest BCUT2D eigenvalue weighted by Gasteiger charge is -2.35. The highest BCUT2D eigenvalue weighted by molar-refractivity contribution is 5.75. The van der Waals surface area contributed by atoms with Gasteiger partial charge in [-0.05, 0) is 55.2 Å². The molecule has 1 atom stereocenters. The monoisotopic (exact) mass is 503 g/mol. The van der Waals surface area contributed by atoms with Crippen molar-refractivity contribution in [2.75, 3.05) is 44.7 Å². The van der Waals surface area contributed by atoms with Gasteiger partial charge in [0, 0.05) is 75.4 Å². The molecule has 5 rings (SSSR count). The number of carbonyl (C=O) groups is 1. The fourth-order valence-corrected chi connectivity index (χ4v) is 5.45. The first-order valence-corrected chi connectivity index (χ1v) is 12.5. The van der Waals surface area contributed by atoms with E-state index in [9.17, 15) is 18.0 Å². The molecule has 0 aliphatic carbocycles. The van der Waals surface area contributed by atoms with Crippen molar-refractivity contribution in [2.24, 2.45) is 0 Å². The molecule has 36 heavy (non-hydrogen) atoms. The summed E-state index contributed by atoms with van der Waals surface area (Å²) < 4.78 is 44.5. The van der Waals surface area contributed by atoms with E-state index in [0.29, 0.717) is 43.4 Å². The molecule has 7 nitrogen and oxygen atoms in total. The molecule has 1 N–H and O–H groups in total. The van der Waals surface area contributed by atoms with Crippen LogP contribution in [-0.4, -0.2) is 72.7 Å². The van der Waals surface area contributed by atoms with Crippen LogP contribution < -0.4 is 15.0 Å². The Morgan fingerprint density at radius 3 is 2.44 bits per heavy atom. The summed E-state index contributed by atoms with van der Waals surface area (Å²) in [6, 6.07) is 9.83. The highest BCUT2D eigenvalue weighted by Gasteiger charge is 2.35. The fourth-order valence-electron chi connectivity index (χ4n) is 5.45. The molecular weight excluding hydrogens is 471 g/mol. The molecule has 0 saturated carbocycles. The number of benzene rings is 1. The van der Waals surface area contributed by atoms with Crippen molar-refractivity contribution >= 4 is 11.7 Å². The van der Waals surface area contributed by atoms with Crippen LogP contribution in [0.2, 0.25) is 0 Å². The minimum Gasteiger partial charge on any atom is -0.497 e.